The fraction of sp³-hybridized carbons (Fsp3) is 0.462. The molecule has 10 heteroatoms. The molecule has 0 radical (unpaired) electrons. The van der Waals surface area contributed by atoms with Crippen LogP contribution in [0.2, 0.25) is 0 Å². The minimum absolute atomic E-state index is 0.0197. The van der Waals surface area contributed by atoms with E-state index in [0.717, 1.165) is 28.0 Å². The summed E-state index contributed by atoms with van der Waals surface area (Å²) in [6.45, 7) is 1.83. The molecule has 3 heterocycles. The van der Waals surface area contributed by atoms with Crippen molar-refractivity contribution >= 4 is 10.9 Å². The lowest BCUT2D eigenvalue weighted by Crippen LogP contribution is -2.49. The van der Waals surface area contributed by atoms with Crippen LogP contribution in [0.3, 0.4) is 0 Å². The second-order valence-electron chi connectivity index (χ2n) is 9.73. The predicted octanol–water partition coefficient (Wildman–Crippen LogP) is 5.62. The molecule has 36 heavy (non-hydrogen) atoms. The van der Waals surface area contributed by atoms with E-state index in [4.69, 9.17) is 4.74 Å². The number of fused-ring (bicyclic) bond motifs is 3. The first-order valence-corrected chi connectivity index (χ1v) is 12.0. The summed E-state index contributed by atoms with van der Waals surface area (Å²) < 4.78 is 89.6. The zero-order chi connectivity index (χ0) is 25.6. The van der Waals surface area contributed by atoms with Crippen molar-refractivity contribution in [3.05, 3.63) is 64.9 Å². The fourth-order valence-corrected chi connectivity index (χ4v) is 5.43. The highest BCUT2D eigenvalue weighted by atomic mass is 19.4. The van der Waals surface area contributed by atoms with Crippen LogP contribution in [0.15, 0.2) is 36.4 Å². The Bertz CT molecular complexity index is 1210. The average molecular weight is 512 g/mol. The molecule has 0 bridgehead atoms. The molecule has 5 rings (SSSR count). The van der Waals surface area contributed by atoms with Crippen molar-refractivity contribution in [1.82, 2.24) is 14.8 Å². The Labute approximate surface area is 204 Å². The largest absolute Gasteiger partial charge is 0.492 e. The molecule has 3 aromatic rings. The summed E-state index contributed by atoms with van der Waals surface area (Å²) in [4.78, 5) is 6.21. The molecule has 1 aromatic heterocycles. The zero-order valence-corrected chi connectivity index (χ0v) is 19.7. The van der Waals surface area contributed by atoms with Crippen LogP contribution in [-0.4, -0.2) is 66.5 Å². The van der Waals surface area contributed by atoms with Gasteiger partial charge in [0.25, 0.3) is 0 Å². The quantitative estimate of drug-likeness (QED) is 0.418. The lowest BCUT2D eigenvalue weighted by molar-refractivity contribution is -0.155. The average Bonchev–Trinajstić information content (AvgIpc) is 3.14. The lowest BCUT2D eigenvalue weighted by atomic mass is 9.88. The minimum Gasteiger partial charge on any atom is -0.492 e. The molecule has 0 aliphatic carbocycles. The molecule has 2 aliphatic heterocycles. The number of nitrogens with zero attached hydrogens (tertiary/aromatic N) is 2. The number of nitrogens with one attached hydrogen (secondary N) is 1. The minimum atomic E-state index is -4.55. The number of hydrogen-bond acceptors (Lipinski definition) is 3. The number of halogens is 6. The molecule has 0 spiro atoms. The molecular formula is C26H27F6N3O. The predicted molar refractivity (Wildman–Crippen MR) is 124 cm³/mol. The molecule has 1 fully saturated rings. The van der Waals surface area contributed by atoms with E-state index in [0.29, 0.717) is 37.3 Å². The number of hydrogen-bond donors (Lipinski definition) is 1. The number of rotatable bonds is 7. The number of ether oxygens (including phenoxy) is 1. The number of aromatic nitrogens is 1. The van der Waals surface area contributed by atoms with Gasteiger partial charge in [0, 0.05) is 65.9 Å². The highest BCUT2D eigenvalue weighted by Gasteiger charge is 2.43. The Morgan fingerprint density at radius 1 is 1.08 bits per heavy atom. The van der Waals surface area contributed by atoms with Gasteiger partial charge in [-0.05, 0) is 25.0 Å². The van der Waals surface area contributed by atoms with E-state index in [2.05, 4.69) is 4.98 Å². The molecule has 194 valence electrons. The Morgan fingerprint density at radius 2 is 1.78 bits per heavy atom. The SMILES string of the molecule is C[C@@H]1Cc2c([nH]c3ccccc23)[C@H](c2c(F)cc(OCCN3CC(CF)C3)cc2F)N1CC(F)(F)F. The van der Waals surface area contributed by atoms with E-state index in [1.165, 1.54) is 0 Å². The number of alkyl halides is 4. The fourth-order valence-electron chi connectivity index (χ4n) is 5.43. The van der Waals surface area contributed by atoms with Gasteiger partial charge >= 0.3 is 6.18 Å². The van der Waals surface area contributed by atoms with E-state index in [9.17, 15) is 17.6 Å². The highest BCUT2D eigenvalue weighted by molar-refractivity contribution is 5.85. The normalized spacial score (nSPS) is 21.5. The highest BCUT2D eigenvalue weighted by Crippen LogP contribution is 2.44. The Hall–Kier alpha value is -2.72. The van der Waals surface area contributed by atoms with Crippen molar-refractivity contribution in [2.75, 3.05) is 39.5 Å². The molecule has 0 unspecified atom stereocenters. The van der Waals surface area contributed by atoms with Gasteiger partial charge in [-0.2, -0.15) is 13.2 Å². The first-order valence-electron chi connectivity index (χ1n) is 12.0. The third kappa shape index (κ3) is 4.80. The van der Waals surface area contributed by atoms with E-state index >= 15 is 8.78 Å². The summed E-state index contributed by atoms with van der Waals surface area (Å²) in [5, 5.41) is 0.831. The van der Waals surface area contributed by atoms with Crippen molar-refractivity contribution < 1.29 is 31.1 Å². The van der Waals surface area contributed by atoms with Crippen molar-refractivity contribution in [3.63, 3.8) is 0 Å². The smallest absolute Gasteiger partial charge is 0.401 e. The molecule has 1 saturated heterocycles. The molecule has 4 nitrogen and oxygen atoms in total. The molecule has 1 N–H and O–H groups in total. The molecule has 0 saturated carbocycles. The zero-order valence-electron chi connectivity index (χ0n) is 19.7. The first kappa shape index (κ1) is 25.0. The van der Waals surface area contributed by atoms with Crippen LogP contribution in [-0.2, 0) is 6.42 Å². The molecular weight excluding hydrogens is 484 g/mol. The van der Waals surface area contributed by atoms with Crippen LogP contribution in [0.5, 0.6) is 5.75 Å². The standard InChI is InChI=1S/C26H27F6N3O/c1-15-8-19-18-4-2-3-5-22(18)33-24(19)25(35(15)14-26(30,31)32)23-20(28)9-17(10-21(23)29)36-7-6-34-12-16(11-27)13-34/h2-5,9-10,15-16,25,33H,6-8,11-14H2,1H3/t15-,25+/m1/s1. The van der Waals surface area contributed by atoms with Crippen LogP contribution in [0.1, 0.15) is 29.8 Å². The summed E-state index contributed by atoms with van der Waals surface area (Å²) in [5.74, 6) is -1.96. The van der Waals surface area contributed by atoms with E-state index in [-0.39, 0.29) is 24.9 Å². The monoisotopic (exact) mass is 511 g/mol. The van der Waals surface area contributed by atoms with Crippen molar-refractivity contribution in [2.24, 2.45) is 5.92 Å². The topological polar surface area (TPSA) is 31.5 Å². The van der Waals surface area contributed by atoms with Crippen LogP contribution in [0.4, 0.5) is 26.3 Å². The molecule has 0 amide bonds. The maximum Gasteiger partial charge on any atom is 0.401 e. The Morgan fingerprint density at radius 3 is 2.44 bits per heavy atom. The number of aromatic amines is 1. The molecule has 2 aromatic carbocycles. The number of para-hydroxylation sites is 1. The number of benzene rings is 2. The van der Waals surface area contributed by atoms with Gasteiger partial charge in [0.05, 0.1) is 19.3 Å². The summed E-state index contributed by atoms with van der Waals surface area (Å²) in [6, 6.07) is 7.41. The van der Waals surface area contributed by atoms with E-state index in [1.54, 1.807) is 19.1 Å². The van der Waals surface area contributed by atoms with Crippen LogP contribution >= 0.6 is 0 Å². The van der Waals surface area contributed by atoms with Gasteiger partial charge in [-0.15, -0.1) is 0 Å². The van der Waals surface area contributed by atoms with Crippen LogP contribution in [0.25, 0.3) is 10.9 Å². The van der Waals surface area contributed by atoms with Gasteiger partial charge < -0.3 is 9.72 Å². The van der Waals surface area contributed by atoms with Crippen molar-refractivity contribution in [2.45, 2.75) is 31.6 Å². The van der Waals surface area contributed by atoms with E-state index < -0.39 is 42.0 Å². The van der Waals surface area contributed by atoms with Gasteiger partial charge in [0.1, 0.15) is 24.0 Å². The van der Waals surface area contributed by atoms with E-state index in [1.807, 2.05) is 17.0 Å². The summed E-state index contributed by atoms with van der Waals surface area (Å²) in [6.07, 6.45) is -4.24. The molecule has 2 aliphatic rings. The Kier molecular flexibility index (Phi) is 6.67. The first-order chi connectivity index (χ1) is 17.1. The van der Waals surface area contributed by atoms with Crippen LogP contribution in [0, 0.1) is 17.6 Å². The number of likely N-dealkylation sites (tertiary alicyclic amines) is 1. The maximum absolute atomic E-state index is 15.4. The van der Waals surface area contributed by atoms with Crippen LogP contribution < -0.4 is 4.74 Å². The van der Waals surface area contributed by atoms with Gasteiger partial charge in [0.15, 0.2) is 0 Å². The van der Waals surface area contributed by atoms with Gasteiger partial charge in [-0.3, -0.25) is 14.2 Å². The van der Waals surface area contributed by atoms with Gasteiger partial charge in [0.2, 0.25) is 0 Å². The summed E-state index contributed by atoms with van der Waals surface area (Å²) in [5.41, 5.74) is 1.39. The summed E-state index contributed by atoms with van der Waals surface area (Å²) >= 11 is 0. The van der Waals surface area contributed by atoms with Crippen molar-refractivity contribution in [1.29, 1.82) is 0 Å². The number of H-pyrrole nitrogens is 1. The molecule has 2 atom stereocenters. The third-order valence-corrected chi connectivity index (χ3v) is 7.13. The van der Waals surface area contributed by atoms with Gasteiger partial charge in [-0.1, -0.05) is 18.2 Å². The van der Waals surface area contributed by atoms with Gasteiger partial charge in [-0.25, -0.2) is 8.78 Å². The second kappa shape index (κ2) is 9.63. The second-order valence-corrected chi connectivity index (χ2v) is 9.73. The lowest BCUT2D eigenvalue weighted by Gasteiger charge is -2.41. The van der Waals surface area contributed by atoms with Crippen molar-refractivity contribution in [3.8, 4) is 5.75 Å². The maximum atomic E-state index is 15.4. The Balaban J connectivity index is 1.47. The third-order valence-electron chi connectivity index (χ3n) is 7.13. The summed E-state index contributed by atoms with van der Waals surface area (Å²) in [7, 11) is 0.